The smallest absolute Gasteiger partial charge is 0.408 e. The van der Waals surface area contributed by atoms with E-state index in [-0.39, 0.29) is 5.56 Å². The first kappa shape index (κ1) is 11.6. The van der Waals surface area contributed by atoms with Gasteiger partial charge < -0.3 is 14.8 Å². The van der Waals surface area contributed by atoms with Crippen LogP contribution in [-0.2, 0) is 4.74 Å². The van der Waals surface area contributed by atoms with Crippen LogP contribution in [0, 0.1) is 0 Å². The van der Waals surface area contributed by atoms with Crippen LogP contribution in [0.2, 0.25) is 0 Å². The number of benzene rings is 1. The standard InChI is InChI=1S/C11H11F2NO3/c1-16-8-4-2-3-7(5-8)9-11(12,13)6-17-10(15)14-9/h2-5,9H,6H2,1H3,(H,14,15)/t9-/m0/s1. The summed E-state index contributed by atoms with van der Waals surface area (Å²) in [6.45, 7) is -0.916. The second-order valence-electron chi connectivity index (χ2n) is 3.69. The van der Waals surface area contributed by atoms with Crippen LogP contribution in [0.5, 0.6) is 5.75 Å². The number of rotatable bonds is 2. The van der Waals surface area contributed by atoms with E-state index in [1.54, 1.807) is 12.1 Å². The molecule has 0 aliphatic carbocycles. The summed E-state index contributed by atoms with van der Waals surface area (Å²) in [5, 5.41) is 2.11. The van der Waals surface area contributed by atoms with Crippen molar-refractivity contribution < 1.29 is 23.0 Å². The molecule has 0 aromatic heterocycles. The summed E-state index contributed by atoms with van der Waals surface area (Å²) in [7, 11) is 1.44. The number of alkyl halides is 2. The lowest BCUT2D eigenvalue weighted by Crippen LogP contribution is -2.49. The molecule has 92 valence electrons. The van der Waals surface area contributed by atoms with E-state index in [9.17, 15) is 13.6 Å². The Balaban J connectivity index is 2.32. The fraction of sp³-hybridized carbons (Fsp3) is 0.364. The van der Waals surface area contributed by atoms with Gasteiger partial charge in [0.05, 0.1) is 7.11 Å². The predicted molar refractivity (Wildman–Crippen MR) is 55.2 cm³/mol. The van der Waals surface area contributed by atoms with Gasteiger partial charge in [-0.3, -0.25) is 0 Å². The van der Waals surface area contributed by atoms with Crippen LogP contribution in [-0.4, -0.2) is 25.7 Å². The number of amides is 1. The van der Waals surface area contributed by atoms with Crippen molar-refractivity contribution in [2.24, 2.45) is 0 Å². The molecule has 1 N–H and O–H groups in total. The van der Waals surface area contributed by atoms with E-state index in [0.29, 0.717) is 5.75 Å². The first-order valence-electron chi connectivity index (χ1n) is 4.98. The summed E-state index contributed by atoms with van der Waals surface area (Å²) < 4.78 is 36.4. The number of alkyl carbamates (subject to hydrolysis) is 1. The predicted octanol–water partition coefficient (Wildman–Crippen LogP) is 2.11. The molecule has 0 radical (unpaired) electrons. The molecule has 0 unspecified atom stereocenters. The van der Waals surface area contributed by atoms with E-state index in [1.807, 2.05) is 0 Å². The third kappa shape index (κ3) is 2.30. The molecule has 0 spiro atoms. The van der Waals surface area contributed by atoms with Crippen LogP contribution >= 0.6 is 0 Å². The summed E-state index contributed by atoms with van der Waals surface area (Å²) in [5.41, 5.74) is 0.283. The Morgan fingerprint density at radius 1 is 1.53 bits per heavy atom. The number of hydrogen-bond donors (Lipinski definition) is 1. The normalized spacial score (nSPS) is 22.5. The Hall–Kier alpha value is -1.85. The van der Waals surface area contributed by atoms with Gasteiger partial charge in [-0.25, -0.2) is 13.6 Å². The molecular weight excluding hydrogens is 232 g/mol. The van der Waals surface area contributed by atoms with Gasteiger partial charge in [0, 0.05) is 0 Å². The van der Waals surface area contributed by atoms with Crippen LogP contribution < -0.4 is 10.1 Å². The molecule has 1 atom stereocenters. The molecule has 1 aliphatic rings. The Labute approximate surface area is 96.5 Å². The fourth-order valence-corrected chi connectivity index (χ4v) is 1.66. The number of hydrogen-bond acceptors (Lipinski definition) is 3. The highest BCUT2D eigenvalue weighted by Crippen LogP contribution is 2.35. The van der Waals surface area contributed by atoms with Crippen molar-refractivity contribution in [3.05, 3.63) is 29.8 Å². The van der Waals surface area contributed by atoms with Gasteiger partial charge in [0.2, 0.25) is 0 Å². The SMILES string of the molecule is COc1cccc([C@@H]2NC(=O)OCC2(F)F)c1. The molecule has 1 aromatic carbocycles. The van der Waals surface area contributed by atoms with E-state index >= 15 is 0 Å². The quantitative estimate of drug-likeness (QED) is 0.865. The van der Waals surface area contributed by atoms with Crippen molar-refractivity contribution in [2.75, 3.05) is 13.7 Å². The summed E-state index contributed by atoms with van der Waals surface area (Å²) in [6, 6.07) is 4.81. The number of nitrogens with one attached hydrogen (secondary N) is 1. The van der Waals surface area contributed by atoms with Crippen molar-refractivity contribution in [2.45, 2.75) is 12.0 Å². The van der Waals surface area contributed by atoms with Crippen molar-refractivity contribution >= 4 is 6.09 Å². The largest absolute Gasteiger partial charge is 0.497 e. The number of ether oxygens (including phenoxy) is 2. The van der Waals surface area contributed by atoms with Crippen LogP contribution in [0.25, 0.3) is 0 Å². The number of methoxy groups -OCH3 is 1. The van der Waals surface area contributed by atoms with Crippen LogP contribution in [0.3, 0.4) is 0 Å². The van der Waals surface area contributed by atoms with E-state index in [0.717, 1.165) is 0 Å². The first-order chi connectivity index (χ1) is 8.03. The molecule has 0 saturated carbocycles. The Kier molecular flexibility index (Phi) is 2.87. The second-order valence-corrected chi connectivity index (χ2v) is 3.69. The fourth-order valence-electron chi connectivity index (χ4n) is 1.66. The average molecular weight is 243 g/mol. The maximum Gasteiger partial charge on any atom is 0.408 e. The minimum Gasteiger partial charge on any atom is -0.497 e. The maximum absolute atomic E-state index is 13.6. The number of carbonyl (C=O) groups is 1. The third-order valence-electron chi connectivity index (χ3n) is 2.51. The average Bonchev–Trinajstić information content (AvgIpc) is 2.32. The molecule has 2 rings (SSSR count). The minimum atomic E-state index is -3.14. The summed E-state index contributed by atoms with van der Waals surface area (Å²) in [6.07, 6.45) is -0.844. The van der Waals surface area contributed by atoms with E-state index in [1.165, 1.54) is 19.2 Å². The number of cyclic esters (lactones) is 1. The lowest BCUT2D eigenvalue weighted by molar-refractivity contribution is -0.104. The molecule has 6 heteroatoms. The van der Waals surface area contributed by atoms with E-state index in [4.69, 9.17) is 4.74 Å². The lowest BCUT2D eigenvalue weighted by atomic mass is 10.00. The highest BCUT2D eigenvalue weighted by atomic mass is 19.3. The third-order valence-corrected chi connectivity index (χ3v) is 2.51. The van der Waals surface area contributed by atoms with Crippen LogP contribution in [0.1, 0.15) is 11.6 Å². The molecule has 1 fully saturated rings. The second kappa shape index (κ2) is 4.20. The zero-order valence-corrected chi connectivity index (χ0v) is 9.07. The highest BCUT2D eigenvalue weighted by Gasteiger charge is 2.46. The topological polar surface area (TPSA) is 47.6 Å². The molecule has 4 nitrogen and oxygen atoms in total. The van der Waals surface area contributed by atoms with E-state index in [2.05, 4.69) is 10.1 Å². The minimum absolute atomic E-state index is 0.283. The number of halogens is 2. The molecule has 1 aromatic rings. The van der Waals surface area contributed by atoms with Gasteiger partial charge in [-0.15, -0.1) is 0 Å². The zero-order valence-electron chi connectivity index (χ0n) is 9.07. The lowest BCUT2D eigenvalue weighted by Gasteiger charge is -2.31. The van der Waals surface area contributed by atoms with Gasteiger partial charge in [0.25, 0.3) is 0 Å². The summed E-state index contributed by atoms with van der Waals surface area (Å²) in [4.78, 5) is 11.0. The van der Waals surface area contributed by atoms with Gasteiger partial charge in [-0.05, 0) is 17.7 Å². The molecule has 1 aliphatic heterocycles. The first-order valence-corrected chi connectivity index (χ1v) is 4.98. The summed E-state index contributed by atoms with van der Waals surface area (Å²) >= 11 is 0. The van der Waals surface area contributed by atoms with Crippen molar-refractivity contribution in [3.8, 4) is 5.75 Å². The van der Waals surface area contributed by atoms with Gasteiger partial charge in [0.15, 0.2) is 6.61 Å². The maximum atomic E-state index is 13.6. The Morgan fingerprint density at radius 3 is 3.00 bits per heavy atom. The van der Waals surface area contributed by atoms with Crippen LogP contribution in [0.4, 0.5) is 13.6 Å². The van der Waals surface area contributed by atoms with Crippen molar-refractivity contribution in [3.63, 3.8) is 0 Å². The molecule has 1 heterocycles. The Morgan fingerprint density at radius 2 is 2.29 bits per heavy atom. The molecule has 17 heavy (non-hydrogen) atoms. The van der Waals surface area contributed by atoms with Crippen molar-refractivity contribution in [1.82, 2.24) is 5.32 Å². The van der Waals surface area contributed by atoms with E-state index < -0.39 is 24.7 Å². The molecule has 0 bridgehead atoms. The number of carbonyl (C=O) groups excluding carboxylic acids is 1. The summed E-state index contributed by atoms with van der Waals surface area (Å²) in [5.74, 6) is -2.68. The highest BCUT2D eigenvalue weighted by molar-refractivity contribution is 5.69. The van der Waals surface area contributed by atoms with Gasteiger partial charge in [-0.1, -0.05) is 12.1 Å². The zero-order chi connectivity index (χ0) is 12.5. The monoisotopic (exact) mass is 243 g/mol. The molecule has 1 saturated heterocycles. The van der Waals surface area contributed by atoms with Gasteiger partial charge in [0.1, 0.15) is 11.8 Å². The van der Waals surface area contributed by atoms with Gasteiger partial charge in [-0.2, -0.15) is 0 Å². The molecule has 1 amide bonds. The molecular formula is C11H11F2NO3. The Bertz CT molecular complexity index is 436. The van der Waals surface area contributed by atoms with Crippen molar-refractivity contribution in [1.29, 1.82) is 0 Å². The van der Waals surface area contributed by atoms with Gasteiger partial charge >= 0.3 is 12.0 Å². The van der Waals surface area contributed by atoms with Crippen LogP contribution in [0.15, 0.2) is 24.3 Å².